The molecule has 1 aliphatic rings. The van der Waals surface area contributed by atoms with Gasteiger partial charge in [0.05, 0.1) is 0 Å². The second kappa shape index (κ2) is 2.49. The van der Waals surface area contributed by atoms with Crippen molar-refractivity contribution in [2.45, 2.75) is 12.8 Å². The first-order valence-corrected chi connectivity index (χ1v) is 2.88. The number of aliphatic hydroxyl groups is 1. The highest BCUT2D eigenvalue weighted by molar-refractivity contribution is 5.74. The minimum Gasteiger partial charge on any atom is -0.508 e. The molecule has 2 nitrogen and oxygen atoms in total. The van der Waals surface area contributed by atoms with Crippen molar-refractivity contribution in [3.05, 3.63) is 23.5 Å². The first-order valence-electron chi connectivity index (χ1n) is 2.88. The molecule has 0 aromatic rings. The van der Waals surface area contributed by atoms with Gasteiger partial charge in [0.2, 0.25) is 0 Å². The number of aldehydes is 1. The van der Waals surface area contributed by atoms with E-state index in [1.165, 1.54) is 6.08 Å². The van der Waals surface area contributed by atoms with Crippen LogP contribution in [-0.2, 0) is 4.79 Å². The van der Waals surface area contributed by atoms with Crippen molar-refractivity contribution >= 4 is 6.29 Å². The molecule has 0 bridgehead atoms. The minimum absolute atomic E-state index is 0.211. The minimum atomic E-state index is 0.211. The highest BCUT2D eigenvalue weighted by Crippen LogP contribution is 2.12. The van der Waals surface area contributed by atoms with E-state index in [1.807, 2.05) is 0 Å². The predicted molar refractivity (Wildman–Crippen MR) is 34.1 cm³/mol. The van der Waals surface area contributed by atoms with E-state index < -0.39 is 0 Å². The zero-order chi connectivity index (χ0) is 6.69. The fourth-order valence-corrected chi connectivity index (χ4v) is 0.801. The van der Waals surface area contributed by atoms with Crippen molar-refractivity contribution in [1.29, 1.82) is 0 Å². The van der Waals surface area contributed by atoms with Crippen molar-refractivity contribution in [2.24, 2.45) is 0 Å². The topological polar surface area (TPSA) is 37.3 Å². The molecule has 0 aromatic heterocycles. The number of rotatable bonds is 1. The summed E-state index contributed by atoms with van der Waals surface area (Å²) in [6.45, 7) is 0. The molecule has 2 heteroatoms. The van der Waals surface area contributed by atoms with Crippen molar-refractivity contribution in [2.75, 3.05) is 0 Å². The maximum absolute atomic E-state index is 10.1. The summed E-state index contributed by atoms with van der Waals surface area (Å²) >= 11 is 0. The number of hydrogen-bond acceptors (Lipinski definition) is 2. The second-order valence-corrected chi connectivity index (χ2v) is 2.00. The van der Waals surface area contributed by atoms with Gasteiger partial charge in [0, 0.05) is 0 Å². The fraction of sp³-hybridized carbons (Fsp3) is 0.286. The third-order valence-electron chi connectivity index (χ3n) is 1.27. The summed E-state index contributed by atoms with van der Waals surface area (Å²) in [5.74, 6) is 0.211. The van der Waals surface area contributed by atoms with Crippen LogP contribution in [0, 0.1) is 0 Å². The first-order chi connectivity index (χ1) is 4.33. The van der Waals surface area contributed by atoms with Crippen LogP contribution in [0.3, 0.4) is 0 Å². The summed E-state index contributed by atoms with van der Waals surface area (Å²) in [6.07, 6.45) is 5.51. The molecule has 0 saturated heterocycles. The molecule has 1 aliphatic carbocycles. The molecule has 1 N–H and O–H groups in total. The third-order valence-corrected chi connectivity index (χ3v) is 1.27. The Balaban J connectivity index is 2.74. The summed E-state index contributed by atoms with van der Waals surface area (Å²) in [4.78, 5) is 10.1. The van der Waals surface area contributed by atoms with Crippen LogP contribution in [0.25, 0.3) is 0 Å². The molecular formula is C7H8O2. The Labute approximate surface area is 53.5 Å². The smallest absolute Gasteiger partial charge is 0.146 e. The predicted octanol–water partition coefficient (Wildman–Crippen LogP) is 1.35. The van der Waals surface area contributed by atoms with Crippen LogP contribution in [0.4, 0.5) is 0 Å². The normalized spacial score (nSPS) is 18.2. The molecule has 0 radical (unpaired) electrons. The zero-order valence-electron chi connectivity index (χ0n) is 5.00. The maximum Gasteiger partial charge on any atom is 0.146 e. The number of allylic oxidation sites excluding steroid dienone is 3. The van der Waals surface area contributed by atoms with E-state index in [0.717, 1.165) is 19.1 Å². The molecule has 0 unspecified atom stereocenters. The molecule has 0 saturated carbocycles. The van der Waals surface area contributed by atoms with Gasteiger partial charge in [0.25, 0.3) is 0 Å². The third kappa shape index (κ3) is 1.42. The van der Waals surface area contributed by atoms with Crippen LogP contribution in [0.1, 0.15) is 12.8 Å². The van der Waals surface area contributed by atoms with Crippen molar-refractivity contribution in [1.82, 2.24) is 0 Å². The van der Waals surface area contributed by atoms with Gasteiger partial charge < -0.3 is 5.11 Å². The van der Waals surface area contributed by atoms with E-state index in [2.05, 4.69) is 0 Å². The first kappa shape index (κ1) is 6.08. The molecule has 0 spiro atoms. The summed E-state index contributed by atoms with van der Waals surface area (Å²) in [7, 11) is 0. The van der Waals surface area contributed by atoms with E-state index in [1.54, 1.807) is 6.08 Å². The van der Waals surface area contributed by atoms with Crippen LogP contribution in [0.15, 0.2) is 23.5 Å². The van der Waals surface area contributed by atoms with Gasteiger partial charge in [-0.1, -0.05) is 0 Å². The lowest BCUT2D eigenvalue weighted by Crippen LogP contribution is -1.91. The summed E-state index contributed by atoms with van der Waals surface area (Å²) in [5, 5.41) is 8.84. The van der Waals surface area contributed by atoms with E-state index in [4.69, 9.17) is 5.11 Å². The van der Waals surface area contributed by atoms with Gasteiger partial charge >= 0.3 is 0 Å². The van der Waals surface area contributed by atoms with Crippen LogP contribution in [0.5, 0.6) is 0 Å². The molecule has 9 heavy (non-hydrogen) atoms. The number of hydrogen-bond donors (Lipinski definition) is 1. The molecule has 0 aliphatic heterocycles. The van der Waals surface area contributed by atoms with Crippen LogP contribution in [0.2, 0.25) is 0 Å². The molecule has 0 atom stereocenters. The van der Waals surface area contributed by atoms with Crippen LogP contribution < -0.4 is 0 Å². The summed E-state index contributed by atoms with van der Waals surface area (Å²) in [5.41, 5.74) is 0.676. The van der Waals surface area contributed by atoms with Gasteiger partial charge in [-0.05, 0) is 30.6 Å². The number of aliphatic hydroxyl groups excluding tert-OH is 1. The summed E-state index contributed by atoms with van der Waals surface area (Å²) < 4.78 is 0. The van der Waals surface area contributed by atoms with E-state index in [9.17, 15) is 4.79 Å². The Bertz CT molecular complexity index is 177. The standard InChI is InChI=1S/C7H8O2/c8-5-6-2-1-3-7(9)4-6/h3-5,9H,1-2H2. The molecule has 0 heterocycles. The molecular weight excluding hydrogens is 116 g/mol. The summed E-state index contributed by atoms with van der Waals surface area (Å²) in [6, 6.07) is 0. The molecule has 0 amide bonds. The Kier molecular flexibility index (Phi) is 1.68. The maximum atomic E-state index is 10.1. The van der Waals surface area contributed by atoms with E-state index in [-0.39, 0.29) is 5.76 Å². The molecule has 0 aromatic carbocycles. The van der Waals surface area contributed by atoms with Crippen LogP contribution in [-0.4, -0.2) is 11.4 Å². The Morgan fingerprint density at radius 1 is 1.67 bits per heavy atom. The van der Waals surface area contributed by atoms with Crippen molar-refractivity contribution in [3.63, 3.8) is 0 Å². The number of carbonyl (C=O) groups is 1. The van der Waals surface area contributed by atoms with E-state index in [0.29, 0.717) is 5.57 Å². The van der Waals surface area contributed by atoms with Crippen molar-refractivity contribution < 1.29 is 9.90 Å². The SMILES string of the molecule is O=CC1=CC(O)=CCC1. The quantitative estimate of drug-likeness (QED) is 0.535. The van der Waals surface area contributed by atoms with Gasteiger partial charge in [0.1, 0.15) is 12.0 Å². The fourth-order valence-electron chi connectivity index (χ4n) is 0.801. The zero-order valence-corrected chi connectivity index (χ0v) is 5.00. The number of carbonyl (C=O) groups excluding carboxylic acids is 1. The monoisotopic (exact) mass is 124 g/mol. The largest absolute Gasteiger partial charge is 0.508 e. The average Bonchev–Trinajstić information content (AvgIpc) is 1.88. The molecule has 0 fully saturated rings. The molecule has 1 rings (SSSR count). The van der Waals surface area contributed by atoms with Gasteiger partial charge in [-0.3, -0.25) is 4.79 Å². The van der Waals surface area contributed by atoms with E-state index >= 15 is 0 Å². The Hall–Kier alpha value is -1.05. The van der Waals surface area contributed by atoms with Gasteiger partial charge in [-0.2, -0.15) is 0 Å². The van der Waals surface area contributed by atoms with Crippen LogP contribution >= 0.6 is 0 Å². The molecule has 48 valence electrons. The highest BCUT2D eigenvalue weighted by Gasteiger charge is 2.01. The highest BCUT2D eigenvalue weighted by atomic mass is 16.3. The van der Waals surface area contributed by atoms with Gasteiger partial charge in [-0.25, -0.2) is 0 Å². The van der Waals surface area contributed by atoms with Gasteiger partial charge in [-0.15, -0.1) is 0 Å². The lowest BCUT2D eigenvalue weighted by atomic mass is 10.1. The van der Waals surface area contributed by atoms with Gasteiger partial charge in [0.15, 0.2) is 0 Å². The second-order valence-electron chi connectivity index (χ2n) is 2.00. The average molecular weight is 124 g/mol. The lowest BCUT2D eigenvalue weighted by Gasteiger charge is -2.02. The van der Waals surface area contributed by atoms with Crippen molar-refractivity contribution in [3.8, 4) is 0 Å². The Morgan fingerprint density at radius 3 is 2.89 bits per heavy atom. The lowest BCUT2D eigenvalue weighted by molar-refractivity contribution is -0.105. The Morgan fingerprint density at radius 2 is 2.44 bits per heavy atom.